The molecule has 3 aliphatic carbocycles. The van der Waals surface area contributed by atoms with Gasteiger partial charge in [-0.3, -0.25) is 4.79 Å². The molecule has 1 aromatic rings. The van der Waals surface area contributed by atoms with Crippen molar-refractivity contribution in [1.29, 1.82) is 0 Å². The third-order valence-electron chi connectivity index (χ3n) is 7.77. The highest BCUT2D eigenvalue weighted by atomic mass is 16.5. The molecule has 0 N–H and O–H groups in total. The molecule has 0 atom stereocenters. The molecule has 1 aromatic carbocycles. The number of rotatable bonds is 4. The largest absolute Gasteiger partial charge is 0.426 e. The van der Waals surface area contributed by atoms with Gasteiger partial charge in [0.2, 0.25) is 0 Å². The minimum absolute atomic E-state index is 0.0960. The lowest BCUT2D eigenvalue weighted by Gasteiger charge is -2.36. The van der Waals surface area contributed by atoms with Crippen LogP contribution in [-0.4, -0.2) is 5.97 Å². The van der Waals surface area contributed by atoms with Crippen molar-refractivity contribution in [2.45, 2.75) is 96.8 Å². The maximum absolute atomic E-state index is 12.6. The second-order valence-electron chi connectivity index (χ2n) is 9.91. The summed E-state index contributed by atoms with van der Waals surface area (Å²) in [6, 6.07) is 8.31. The molecule has 0 heterocycles. The van der Waals surface area contributed by atoms with Crippen molar-refractivity contribution in [3.05, 3.63) is 47.6 Å². The summed E-state index contributed by atoms with van der Waals surface area (Å²) in [5.41, 5.74) is 1.39. The average Bonchev–Trinajstić information content (AvgIpc) is 2.76. The molecule has 0 aliphatic heterocycles. The summed E-state index contributed by atoms with van der Waals surface area (Å²) in [4.78, 5) is 12.6. The molecular weight excluding hydrogens is 356 g/mol. The van der Waals surface area contributed by atoms with Crippen LogP contribution >= 0.6 is 0 Å². The zero-order valence-electron chi connectivity index (χ0n) is 18.3. The molecule has 0 spiro atoms. The maximum atomic E-state index is 12.6. The predicted octanol–water partition coefficient (Wildman–Crippen LogP) is 7.39. The number of ether oxygens (including phenoxy) is 1. The first-order valence-electron chi connectivity index (χ1n) is 11.9. The van der Waals surface area contributed by atoms with Crippen molar-refractivity contribution in [2.75, 3.05) is 0 Å². The van der Waals surface area contributed by atoms with E-state index in [1.807, 2.05) is 12.1 Å². The lowest BCUT2D eigenvalue weighted by molar-refractivity contribution is -0.133. The van der Waals surface area contributed by atoms with Crippen LogP contribution in [0.25, 0.3) is 0 Å². The van der Waals surface area contributed by atoms with Crippen molar-refractivity contribution in [3.8, 4) is 5.75 Å². The zero-order chi connectivity index (χ0) is 20.2. The van der Waals surface area contributed by atoms with Crippen LogP contribution in [0, 0.1) is 29.6 Å². The van der Waals surface area contributed by atoms with Gasteiger partial charge in [0, 0.05) is 0 Å². The van der Waals surface area contributed by atoms with E-state index in [4.69, 9.17) is 4.74 Å². The third kappa shape index (κ3) is 5.44. The molecule has 0 aromatic heterocycles. The standard InChI is InChI=1S/C27H37O2/c1-19-3-7-21(8-4-19)23-11-13-25(14-12-23)27(28)29-26-17-15-24(16-18-26)22-9-5-20(2)6-10-22/h15-19,22-23H,3-14H2,1-2H3. The molecule has 0 bridgehead atoms. The minimum atomic E-state index is -0.0960. The molecule has 3 fully saturated rings. The number of carbonyl (C=O) groups excluding carboxylic acids is 1. The van der Waals surface area contributed by atoms with Crippen LogP contribution in [0.4, 0.5) is 0 Å². The maximum Gasteiger partial charge on any atom is 0.318 e. The van der Waals surface area contributed by atoms with E-state index < -0.39 is 0 Å². The van der Waals surface area contributed by atoms with Crippen molar-refractivity contribution in [1.82, 2.24) is 0 Å². The van der Waals surface area contributed by atoms with Crippen LogP contribution < -0.4 is 4.74 Å². The summed E-state index contributed by atoms with van der Waals surface area (Å²) in [5.74, 6) is 7.31. The Hall–Kier alpha value is -1.31. The fraction of sp³-hybridized carbons (Fsp3) is 0.630. The molecule has 4 rings (SSSR count). The van der Waals surface area contributed by atoms with E-state index in [1.54, 1.807) is 11.8 Å². The summed E-state index contributed by atoms with van der Waals surface area (Å²) >= 11 is 0. The van der Waals surface area contributed by atoms with Crippen LogP contribution in [-0.2, 0) is 4.79 Å². The fourth-order valence-electron chi connectivity index (χ4n) is 5.55. The first-order valence-corrected chi connectivity index (χ1v) is 11.9. The van der Waals surface area contributed by atoms with E-state index in [9.17, 15) is 4.79 Å². The molecule has 2 nitrogen and oxygen atoms in total. The molecule has 0 saturated heterocycles. The molecule has 0 unspecified atom stereocenters. The molecule has 3 saturated carbocycles. The van der Waals surface area contributed by atoms with Crippen LogP contribution in [0.2, 0.25) is 0 Å². The Balaban J connectivity index is 1.23. The van der Waals surface area contributed by atoms with Crippen molar-refractivity contribution >= 4 is 5.97 Å². The predicted molar refractivity (Wildman–Crippen MR) is 118 cm³/mol. The Morgan fingerprint density at radius 2 is 1.38 bits per heavy atom. The van der Waals surface area contributed by atoms with Gasteiger partial charge in [0.15, 0.2) is 0 Å². The first kappa shape index (κ1) is 20.9. The van der Waals surface area contributed by atoms with Gasteiger partial charge >= 0.3 is 5.97 Å². The van der Waals surface area contributed by atoms with E-state index in [0.29, 0.717) is 11.7 Å². The SMILES string of the molecule is C[C]1CCC(c2ccc(OC(=O)[C]3CCC([C]4CCC(C)CC4)CC3)cc2)CC1. The van der Waals surface area contributed by atoms with E-state index in [0.717, 1.165) is 43.4 Å². The van der Waals surface area contributed by atoms with Crippen LogP contribution in [0.15, 0.2) is 24.3 Å². The Kier molecular flexibility index (Phi) is 6.98. The Bertz CT molecular complexity index is 640. The smallest absolute Gasteiger partial charge is 0.318 e. The van der Waals surface area contributed by atoms with Gasteiger partial charge in [0.05, 0.1) is 5.92 Å². The molecule has 157 valence electrons. The first-order chi connectivity index (χ1) is 14.1. The quantitative estimate of drug-likeness (QED) is 0.393. The Morgan fingerprint density at radius 3 is 2.00 bits per heavy atom. The molecule has 0 amide bonds. The van der Waals surface area contributed by atoms with Gasteiger partial charge in [-0.05, 0) is 111 Å². The van der Waals surface area contributed by atoms with E-state index in [1.165, 1.54) is 56.9 Å². The molecule has 3 aliphatic rings. The summed E-state index contributed by atoms with van der Waals surface area (Å²) < 4.78 is 5.72. The lowest BCUT2D eigenvalue weighted by Crippen LogP contribution is -2.27. The second-order valence-corrected chi connectivity index (χ2v) is 9.91. The van der Waals surface area contributed by atoms with Gasteiger partial charge in [-0.25, -0.2) is 0 Å². The van der Waals surface area contributed by atoms with Gasteiger partial charge in [0.1, 0.15) is 5.75 Å². The molecular formula is C27H37O2. The van der Waals surface area contributed by atoms with Gasteiger partial charge in [0.25, 0.3) is 0 Å². The van der Waals surface area contributed by atoms with Gasteiger partial charge in [-0.1, -0.05) is 38.8 Å². The fourth-order valence-corrected chi connectivity index (χ4v) is 5.55. The number of carbonyl (C=O) groups is 1. The summed E-state index contributed by atoms with van der Waals surface area (Å²) in [7, 11) is 0. The highest BCUT2D eigenvalue weighted by molar-refractivity contribution is 5.86. The lowest BCUT2D eigenvalue weighted by atomic mass is 9.69. The van der Waals surface area contributed by atoms with Crippen molar-refractivity contribution in [3.63, 3.8) is 0 Å². The number of benzene rings is 1. The Morgan fingerprint density at radius 1 is 0.793 bits per heavy atom. The monoisotopic (exact) mass is 393 g/mol. The van der Waals surface area contributed by atoms with Crippen molar-refractivity contribution in [2.24, 2.45) is 11.8 Å². The van der Waals surface area contributed by atoms with E-state index in [2.05, 4.69) is 26.0 Å². The molecule has 3 radical (unpaired) electrons. The Labute approximate surface area is 177 Å². The van der Waals surface area contributed by atoms with Crippen LogP contribution in [0.1, 0.15) is 102 Å². The van der Waals surface area contributed by atoms with Gasteiger partial charge in [-0.15, -0.1) is 0 Å². The molecule has 2 heteroatoms. The highest BCUT2D eigenvalue weighted by Gasteiger charge is 2.33. The topological polar surface area (TPSA) is 26.3 Å². The van der Waals surface area contributed by atoms with Crippen molar-refractivity contribution < 1.29 is 9.53 Å². The normalized spacial score (nSPS) is 24.6. The zero-order valence-corrected chi connectivity index (χ0v) is 18.3. The van der Waals surface area contributed by atoms with Crippen LogP contribution in [0.3, 0.4) is 0 Å². The van der Waals surface area contributed by atoms with Gasteiger partial charge in [-0.2, -0.15) is 0 Å². The highest BCUT2D eigenvalue weighted by Crippen LogP contribution is 2.43. The van der Waals surface area contributed by atoms with Gasteiger partial charge < -0.3 is 4.74 Å². The number of hydrogen-bond acceptors (Lipinski definition) is 2. The minimum Gasteiger partial charge on any atom is -0.426 e. The molecule has 29 heavy (non-hydrogen) atoms. The summed E-state index contributed by atoms with van der Waals surface area (Å²) in [6.07, 6.45) is 14.5. The van der Waals surface area contributed by atoms with Crippen LogP contribution in [0.5, 0.6) is 5.75 Å². The van der Waals surface area contributed by atoms with E-state index >= 15 is 0 Å². The van der Waals surface area contributed by atoms with E-state index in [-0.39, 0.29) is 5.97 Å². The second kappa shape index (κ2) is 9.67. The number of hydrogen-bond donors (Lipinski definition) is 0. The summed E-state index contributed by atoms with van der Waals surface area (Å²) in [5, 5.41) is 0. The number of esters is 1. The summed E-state index contributed by atoms with van der Waals surface area (Å²) in [6.45, 7) is 4.65. The third-order valence-corrected chi connectivity index (χ3v) is 7.77. The average molecular weight is 394 g/mol.